The van der Waals surface area contributed by atoms with E-state index in [0.29, 0.717) is 22.5 Å². The number of aliphatic hydroxyl groups is 2. The number of hydrogen-bond donors (Lipinski definition) is 5. The van der Waals surface area contributed by atoms with Gasteiger partial charge in [0, 0.05) is 28.2 Å². The van der Waals surface area contributed by atoms with Crippen molar-refractivity contribution in [3.8, 4) is 0 Å². The lowest BCUT2D eigenvalue weighted by Gasteiger charge is -2.35. The van der Waals surface area contributed by atoms with Gasteiger partial charge >= 0.3 is 0 Å². The van der Waals surface area contributed by atoms with Crippen molar-refractivity contribution in [2.24, 2.45) is 5.73 Å². The Labute approximate surface area is 135 Å². The van der Waals surface area contributed by atoms with Crippen LogP contribution in [0.3, 0.4) is 0 Å². The summed E-state index contributed by atoms with van der Waals surface area (Å²) in [5, 5.41) is 23.5. The van der Waals surface area contributed by atoms with Crippen molar-refractivity contribution >= 4 is 11.4 Å². The third kappa shape index (κ3) is 3.48. The quantitative estimate of drug-likeness (QED) is 0.544. The van der Waals surface area contributed by atoms with E-state index in [9.17, 15) is 14.6 Å². The van der Waals surface area contributed by atoms with E-state index in [0.717, 1.165) is 0 Å². The van der Waals surface area contributed by atoms with Gasteiger partial charge in [-0.05, 0) is 52.0 Å². The van der Waals surface area contributed by atoms with E-state index in [1.165, 1.54) is 12.1 Å². The van der Waals surface area contributed by atoms with E-state index < -0.39 is 23.1 Å². The van der Waals surface area contributed by atoms with Crippen LogP contribution in [0.1, 0.15) is 38.8 Å². The molecule has 6 heteroatoms. The second-order valence-electron chi connectivity index (χ2n) is 6.95. The van der Waals surface area contributed by atoms with Gasteiger partial charge < -0.3 is 27.0 Å². The van der Waals surface area contributed by atoms with Gasteiger partial charge in [-0.1, -0.05) is 0 Å². The highest BCUT2D eigenvalue weighted by atomic mass is 19.1. The first-order valence-corrected chi connectivity index (χ1v) is 7.39. The molecule has 1 aromatic carbocycles. The Balaban J connectivity index is 2.54. The lowest BCUT2D eigenvalue weighted by atomic mass is 9.89. The van der Waals surface area contributed by atoms with Crippen molar-refractivity contribution in [2.45, 2.75) is 44.9 Å². The molecule has 0 saturated heterocycles. The molecule has 2 rings (SSSR count). The minimum atomic E-state index is -1.28. The molecule has 1 heterocycles. The van der Waals surface area contributed by atoms with Crippen LogP contribution >= 0.6 is 0 Å². The molecular weight excluding hydrogens is 297 g/mol. The second-order valence-corrected chi connectivity index (χ2v) is 6.95. The Morgan fingerprint density at radius 2 is 1.70 bits per heavy atom. The van der Waals surface area contributed by atoms with Gasteiger partial charge in [0.1, 0.15) is 5.82 Å². The molecule has 0 amide bonds. The summed E-state index contributed by atoms with van der Waals surface area (Å²) in [6, 6.07) is 1.98. The molecule has 0 aliphatic carbocycles. The second kappa shape index (κ2) is 5.54. The molecule has 0 fully saturated rings. The average Bonchev–Trinajstić information content (AvgIpc) is 2.39. The molecule has 1 aliphatic heterocycles. The van der Waals surface area contributed by atoms with E-state index in [1.807, 2.05) is 0 Å². The van der Waals surface area contributed by atoms with Crippen LogP contribution in [0, 0.1) is 5.82 Å². The van der Waals surface area contributed by atoms with E-state index in [4.69, 9.17) is 11.5 Å². The molecule has 1 aromatic rings. The van der Waals surface area contributed by atoms with Crippen molar-refractivity contribution in [3.05, 3.63) is 46.9 Å². The SMILES string of the molecule is CC(C)(O)c1cc(F)cc(C2=CC=C(N)C(C(C)(C)O)N2)c1N. The summed E-state index contributed by atoms with van der Waals surface area (Å²) in [5.74, 6) is -0.503. The number of nitrogen functional groups attached to an aromatic ring is 1. The predicted octanol–water partition coefficient (Wildman–Crippen LogP) is 1.56. The summed E-state index contributed by atoms with van der Waals surface area (Å²) >= 11 is 0. The zero-order chi connectivity index (χ0) is 17.6. The fourth-order valence-electron chi connectivity index (χ4n) is 2.66. The molecular formula is C17H24FN3O2. The first-order valence-electron chi connectivity index (χ1n) is 7.39. The minimum absolute atomic E-state index is 0.279. The molecule has 23 heavy (non-hydrogen) atoms. The third-order valence-corrected chi connectivity index (χ3v) is 3.88. The summed E-state index contributed by atoms with van der Waals surface area (Å²) in [5.41, 5.74) is 11.7. The lowest BCUT2D eigenvalue weighted by Crippen LogP contribution is -2.50. The maximum atomic E-state index is 14.0. The molecule has 7 N–H and O–H groups in total. The molecule has 126 valence electrons. The van der Waals surface area contributed by atoms with Crippen LogP contribution in [-0.4, -0.2) is 21.9 Å². The zero-order valence-corrected chi connectivity index (χ0v) is 13.8. The Hall–Kier alpha value is -2.05. The average molecular weight is 321 g/mol. The largest absolute Gasteiger partial charge is 0.400 e. The Kier molecular flexibility index (Phi) is 4.17. The fourth-order valence-corrected chi connectivity index (χ4v) is 2.66. The molecule has 0 spiro atoms. The molecule has 5 nitrogen and oxygen atoms in total. The van der Waals surface area contributed by atoms with Gasteiger partial charge in [-0.15, -0.1) is 0 Å². The van der Waals surface area contributed by atoms with Crippen LogP contribution in [0.25, 0.3) is 5.70 Å². The molecule has 0 radical (unpaired) electrons. The number of rotatable bonds is 3. The van der Waals surface area contributed by atoms with Gasteiger partial charge in [-0.3, -0.25) is 0 Å². The van der Waals surface area contributed by atoms with Crippen molar-refractivity contribution in [2.75, 3.05) is 5.73 Å². The van der Waals surface area contributed by atoms with Gasteiger partial charge in [-0.2, -0.15) is 0 Å². The van der Waals surface area contributed by atoms with E-state index >= 15 is 0 Å². The highest BCUT2D eigenvalue weighted by Gasteiger charge is 2.32. The zero-order valence-electron chi connectivity index (χ0n) is 13.8. The molecule has 1 unspecified atom stereocenters. The summed E-state index contributed by atoms with van der Waals surface area (Å²) in [7, 11) is 0. The fraction of sp³-hybridized carbons (Fsp3) is 0.412. The molecule has 0 aromatic heterocycles. The van der Waals surface area contributed by atoms with Gasteiger partial charge in [-0.25, -0.2) is 4.39 Å². The van der Waals surface area contributed by atoms with E-state index in [1.54, 1.807) is 39.8 Å². The van der Waals surface area contributed by atoms with Gasteiger partial charge in [0.25, 0.3) is 0 Å². The maximum absolute atomic E-state index is 14.0. The van der Waals surface area contributed by atoms with Crippen molar-refractivity contribution < 1.29 is 14.6 Å². The number of benzene rings is 1. The minimum Gasteiger partial charge on any atom is -0.400 e. The van der Waals surface area contributed by atoms with Gasteiger partial charge in [0.2, 0.25) is 0 Å². The van der Waals surface area contributed by atoms with Crippen molar-refractivity contribution in [3.63, 3.8) is 0 Å². The molecule has 1 aliphatic rings. The Bertz CT molecular complexity index is 682. The Morgan fingerprint density at radius 1 is 1.09 bits per heavy atom. The predicted molar refractivity (Wildman–Crippen MR) is 89.5 cm³/mol. The summed E-state index contributed by atoms with van der Waals surface area (Å²) in [6.07, 6.45) is 3.33. The number of halogens is 1. The monoisotopic (exact) mass is 321 g/mol. The van der Waals surface area contributed by atoms with Gasteiger partial charge in [0.15, 0.2) is 0 Å². The van der Waals surface area contributed by atoms with Crippen molar-refractivity contribution in [1.82, 2.24) is 5.32 Å². The first kappa shape index (κ1) is 17.3. The molecule has 0 saturated carbocycles. The molecule has 0 bridgehead atoms. The lowest BCUT2D eigenvalue weighted by molar-refractivity contribution is 0.0552. The van der Waals surface area contributed by atoms with Crippen LogP contribution in [0.5, 0.6) is 0 Å². The summed E-state index contributed by atoms with van der Waals surface area (Å²) in [6.45, 7) is 6.35. The van der Waals surface area contributed by atoms with Crippen LogP contribution in [0.15, 0.2) is 30.0 Å². The van der Waals surface area contributed by atoms with Crippen LogP contribution in [0.2, 0.25) is 0 Å². The van der Waals surface area contributed by atoms with E-state index in [-0.39, 0.29) is 5.69 Å². The van der Waals surface area contributed by atoms with E-state index in [2.05, 4.69) is 5.32 Å². The number of anilines is 1. The topological polar surface area (TPSA) is 105 Å². The standard InChI is InChI=1S/C17H24FN3O2/c1-16(2,22)11-8-9(18)7-10(14(11)20)13-6-5-12(19)15(21-13)17(3,4)23/h5-8,15,21-23H,19-20H2,1-4H3. The van der Waals surface area contributed by atoms with Crippen LogP contribution in [-0.2, 0) is 5.60 Å². The van der Waals surface area contributed by atoms with Crippen LogP contribution in [0.4, 0.5) is 10.1 Å². The normalized spacial score (nSPS) is 19.0. The number of allylic oxidation sites excluding steroid dienone is 2. The Morgan fingerprint density at radius 3 is 2.22 bits per heavy atom. The highest BCUT2D eigenvalue weighted by Crippen LogP contribution is 2.34. The van der Waals surface area contributed by atoms with Crippen LogP contribution < -0.4 is 16.8 Å². The number of hydrogen-bond acceptors (Lipinski definition) is 5. The maximum Gasteiger partial charge on any atom is 0.124 e. The molecule has 1 atom stereocenters. The summed E-state index contributed by atoms with van der Waals surface area (Å²) in [4.78, 5) is 0. The first-order chi connectivity index (χ1) is 10.4. The van der Waals surface area contributed by atoms with Crippen molar-refractivity contribution in [1.29, 1.82) is 0 Å². The third-order valence-electron chi connectivity index (χ3n) is 3.88. The number of nitrogens with one attached hydrogen (secondary N) is 1. The smallest absolute Gasteiger partial charge is 0.124 e. The van der Waals surface area contributed by atoms with Gasteiger partial charge in [0.05, 0.1) is 17.2 Å². The number of dihydropyridines is 1. The highest BCUT2D eigenvalue weighted by molar-refractivity contribution is 5.78. The summed E-state index contributed by atoms with van der Waals surface area (Å²) < 4.78 is 14.0. The number of nitrogens with two attached hydrogens (primary N) is 2.